The van der Waals surface area contributed by atoms with Gasteiger partial charge in [-0.1, -0.05) is 12.1 Å². The maximum atomic E-state index is 13.3. The zero-order valence-corrected chi connectivity index (χ0v) is 16.6. The lowest BCUT2D eigenvalue weighted by atomic mass is 9.88. The molecular formula is C22H21F7O3. The van der Waals surface area contributed by atoms with Crippen molar-refractivity contribution in [1.29, 1.82) is 0 Å². The summed E-state index contributed by atoms with van der Waals surface area (Å²) in [4.78, 5) is 0. The van der Waals surface area contributed by atoms with E-state index in [1.54, 1.807) is 0 Å². The van der Waals surface area contributed by atoms with Crippen LogP contribution in [0.1, 0.15) is 47.1 Å². The van der Waals surface area contributed by atoms with Crippen molar-refractivity contribution in [3.8, 4) is 0 Å². The monoisotopic (exact) mass is 466 g/mol. The Bertz CT molecular complexity index is 877. The molecule has 3 nitrogen and oxygen atoms in total. The van der Waals surface area contributed by atoms with E-state index in [2.05, 4.69) is 0 Å². The molecule has 0 heterocycles. The largest absolute Gasteiger partial charge is 0.416 e. The second-order valence-corrected chi connectivity index (χ2v) is 7.78. The van der Waals surface area contributed by atoms with Crippen molar-refractivity contribution in [2.75, 3.05) is 13.2 Å². The van der Waals surface area contributed by atoms with Crippen LogP contribution in [0.3, 0.4) is 0 Å². The SMILES string of the molecule is OCC(OC1CCC(CO)C1c1ccc(F)cc1)c1cc(C(F)(F)F)cc(C(F)(F)F)c1. The van der Waals surface area contributed by atoms with Gasteiger partial charge >= 0.3 is 12.4 Å². The molecule has 10 heteroatoms. The Morgan fingerprint density at radius 3 is 1.91 bits per heavy atom. The van der Waals surface area contributed by atoms with Crippen LogP contribution < -0.4 is 0 Å². The van der Waals surface area contributed by atoms with E-state index < -0.39 is 59.6 Å². The summed E-state index contributed by atoms with van der Waals surface area (Å²) < 4.78 is 98.3. The number of hydrogen-bond acceptors (Lipinski definition) is 3. The Hall–Kier alpha value is -2.17. The van der Waals surface area contributed by atoms with E-state index >= 15 is 0 Å². The summed E-state index contributed by atoms with van der Waals surface area (Å²) in [6.07, 6.45) is -11.4. The number of aliphatic hydroxyl groups is 2. The van der Waals surface area contributed by atoms with Crippen LogP contribution in [0.25, 0.3) is 0 Å². The predicted octanol–water partition coefficient (Wildman–Crippen LogP) is 5.47. The van der Waals surface area contributed by atoms with Crippen molar-refractivity contribution >= 4 is 0 Å². The molecule has 0 aliphatic heterocycles. The lowest BCUT2D eigenvalue weighted by molar-refractivity contribution is -0.143. The van der Waals surface area contributed by atoms with Crippen molar-refractivity contribution in [3.63, 3.8) is 0 Å². The number of alkyl halides is 6. The average Bonchev–Trinajstić information content (AvgIpc) is 3.13. The second kappa shape index (κ2) is 9.36. The Morgan fingerprint density at radius 2 is 1.44 bits per heavy atom. The number of halogens is 7. The standard InChI is InChI=1S/C22H21F7O3/c23-17-4-1-12(2-5-17)20-13(10-30)3-6-18(20)32-19(11-31)14-7-15(21(24,25)26)9-16(8-14)22(27,28)29/h1-2,4-5,7-9,13,18-20,30-31H,3,6,10-11H2. The van der Waals surface area contributed by atoms with Crippen molar-refractivity contribution in [2.45, 2.75) is 43.3 Å². The fraction of sp³-hybridized carbons (Fsp3) is 0.455. The van der Waals surface area contributed by atoms with Crippen LogP contribution >= 0.6 is 0 Å². The molecule has 1 aliphatic carbocycles. The molecule has 0 saturated heterocycles. The fourth-order valence-corrected chi connectivity index (χ4v) is 4.17. The van der Waals surface area contributed by atoms with Gasteiger partial charge in [-0.05, 0) is 60.2 Å². The van der Waals surface area contributed by atoms with Crippen LogP contribution in [0.15, 0.2) is 42.5 Å². The number of rotatable bonds is 6. The Kier molecular flexibility index (Phi) is 7.16. The van der Waals surface area contributed by atoms with Gasteiger partial charge in [0.15, 0.2) is 0 Å². The van der Waals surface area contributed by atoms with E-state index in [1.807, 2.05) is 0 Å². The topological polar surface area (TPSA) is 49.7 Å². The third-order valence-electron chi connectivity index (χ3n) is 5.71. The first-order chi connectivity index (χ1) is 14.9. The van der Waals surface area contributed by atoms with Crippen LogP contribution in [0, 0.1) is 11.7 Å². The molecule has 1 saturated carbocycles. The molecule has 4 atom stereocenters. The van der Waals surface area contributed by atoms with Crippen LogP contribution in [0.5, 0.6) is 0 Å². The zero-order chi connectivity index (χ0) is 23.7. The molecule has 4 unspecified atom stereocenters. The molecule has 2 N–H and O–H groups in total. The van der Waals surface area contributed by atoms with Gasteiger partial charge < -0.3 is 14.9 Å². The van der Waals surface area contributed by atoms with Crippen molar-refractivity contribution in [1.82, 2.24) is 0 Å². The third-order valence-corrected chi connectivity index (χ3v) is 5.71. The summed E-state index contributed by atoms with van der Waals surface area (Å²) in [5.41, 5.74) is -2.84. The van der Waals surface area contributed by atoms with Crippen LogP contribution in [-0.4, -0.2) is 29.5 Å². The molecule has 0 amide bonds. The summed E-state index contributed by atoms with van der Waals surface area (Å²) in [6, 6.07) is 6.48. The molecule has 0 bridgehead atoms. The number of aliphatic hydroxyl groups excluding tert-OH is 2. The molecule has 1 aliphatic rings. The summed E-state index contributed by atoms with van der Waals surface area (Å²) in [5.74, 6) is -1.25. The quantitative estimate of drug-likeness (QED) is 0.556. The first kappa shape index (κ1) is 24.5. The van der Waals surface area contributed by atoms with Crippen molar-refractivity contribution < 1.29 is 45.7 Å². The molecule has 1 fully saturated rings. The smallest absolute Gasteiger partial charge is 0.396 e. The van der Waals surface area contributed by atoms with E-state index in [0.717, 1.165) is 0 Å². The Labute approximate surface area is 179 Å². The summed E-state index contributed by atoms with van der Waals surface area (Å²) in [5, 5.41) is 19.5. The molecule has 2 aromatic rings. The normalized spacial score (nSPS) is 22.8. The van der Waals surface area contributed by atoms with E-state index in [-0.39, 0.29) is 18.6 Å². The number of benzene rings is 2. The highest BCUT2D eigenvalue weighted by Gasteiger charge is 2.41. The fourth-order valence-electron chi connectivity index (χ4n) is 4.17. The van der Waals surface area contributed by atoms with Crippen molar-refractivity contribution in [3.05, 3.63) is 70.5 Å². The second-order valence-electron chi connectivity index (χ2n) is 7.78. The molecule has 0 radical (unpaired) electrons. The van der Waals surface area contributed by atoms with Gasteiger partial charge in [-0.15, -0.1) is 0 Å². The van der Waals surface area contributed by atoms with E-state index in [9.17, 15) is 40.9 Å². The predicted molar refractivity (Wildman–Crippen MR) is 100 cm³/mol. The van der Waals surface area contributed by atoms with E-state index in [0.29, 0.717) is 30.5 Å². The molecule has 0 aromatic heterocycles. The summed E-state index contributed by atoms with van der Waals surface area (Å²) >= 11 is 0. The van der Waals surface area contributed by atoms with Gasteiger partial charge in [-0.3, -0.25) is 0 Å². The Morgan fingerprint density at radius 1 is 0.875 bits per heavy atom. The maximum absolute atomic E-state index is 13.3. The molecule has 176 valence electrons. The van der Waals surface area contributed by atoms with Crippen molar-refractivity contribution in [2.24, 2.45) is 5.92 Å². The number of ether oxygens (including phenoxy) is 1. The summed E-state index contributed by atoms with van der Waals surface area (Å²) in [7, 11) is 0. The molecule has 0 spiro atoms. The highest BCUT2D eigenvalue weighted by atomic mass is 19.4. The summed E-state index contributed by atoms with van der Waals surface area (Å²) in [6.45, 7) is -1.08. The first-order valence-corrected chi connectivity index (χ1v) is 9.86. The molecule has 2 aromatic carbocycles. The number of hydrogen-bond donors (Lipinski definition) is 2. The van der Waals surface area contributed by atoms with Crippen LogP contribution in [0.2, 0.25) is 0 Å². The van der Waals surface area contributed by atoms with E-state index in [1.165, 1.54) is 24.3 Å². The highest BCUT2D eigenvalue weighted by molar-refractivity contribution is 5.35. The average molecular weight is 466 g/mol. The lowest BCUT2D eigenvalue weighted by Gasteiger charge is -2.29. The minimum atomic E-state index is -5.03. The lowest BCUT2D eigenvalue weighted by Crippen LogP contribution is -2.26. The van der Waals surface area contributed by atoms with Gasteiger partial charge in [0.25, 0.3) is 0 Å². The zero-order valence-electron chi connectivity index (χ0n) is 16.6. The maximum Gasteiger partial charge on any atom is 0.416 e. The van der Waals surface area contributed by atoms with Crippen LogP contribution in [0.4, 0.5) is 30.7 Å². The van der Waals surface area contributed by atoms with Gasteiger partial charge in [0.2, 0.25) is 0 Å². The highest BCUT2D eigenvalue weighted by Crippen LogP contribution is 2.44. The van der Waals surface area contributed by atoms with E-state index in [4.69, 9.17) is 4.74 Å². The molecule has 32 heavy (non-hydrogen) atoms. The molecular weight excluding hydrogens is 445 g/mol. The van der Waals surface area contributed by atoms with Crippen LogP contribution in [-0.2, 0) is 17.1 Å². The van der Waals surface area contributed by atoms with Gasteiger partial charge in [0.05, 0.1) is 23.8 Å². The van der Waals surface area contributed by atoms with Gasteiger partial charge in [-0.2, -0.15) is 26.3 Å². The molecule has 3 rings (SSSR count). The van der Waals surface area contributed by atoms with Gasteiger partial charge in [-0.25, -0.2) is 4.39 Å². The first-order valence-electron chi connectivity index (χ1n) is 9.86. The minimum Gasteiger partial charge on any atom is -0.396 e. The third kappa shape index (κ3) is 5.41. The Balaban J connectivity index is 1.95. The minimum absolute atomic E-state index is 0.0105. The van der Waals surface area contributed by atoms with Gasteiger partial charge in [0, 0.05) is 12.5 Å². The van der Waals surface area contributed by atoms with Gasteiger partial charge in [0.1, 0.15) is 11.9 Å².